The molecule has 0 aromatic carbocycles. The van der Waals surface area contributed by atoms with Gasteiger partial charge in [0.1, 0.15) is 0 Å². The fourth-order valence-electron chi connectivity index (χ4n) is 3.01. The molecule has 1 aliphatic rings. The quantitative estimate of drug-likeness (QED) is 0.865. The maximum absolute atomic E-state index is 12.9. The molecule has 0 radical (unpaired) electrons. The number of amides is 1. The van der Waals surface area contributed by atoms with Gasteiger partial charge in [0.15, 0.2) is 11.5 Å². The largest absolute Gasteiger partial charge is 0.348 e. The predicted octanol–water partition coefficient (Wildman–Crippen LogP) is 3.10. The minimum atomic E-state index is -2.71. The van der Waals surface area contributed by atoms with E-state index >= 15 is 0 Å². The molecule has 1 fully saturated rings. The summed E-state index contributed by atoms with van der Waals surface area (Å²) < 4.78 is 26.4. The van der Waals surface area contributed by atoms with E-state index in [4.69, 9.17) is 0 Å². The predicted molar refractivity (Wildman–Crippen MR) is 88.0 cm³/mol. The Kier molecular flexibility index (Phi) is 4.91. The van der Waals surface area contributed by atoms with E-state index < -0.39 is 6.55 Å². The molecule has 0 spiro atoms. The van der Waals surface area contributed by atoms with Crippen molar-refractivity contribution < 1.29 is 13.6 Å². The molecule has 2 aromatic heterocycles. The van der Waals surface area contributed by atoms with Crippen molar-refractivity contribution >= 4 is 17.4 Å². The molecule has 0 unspecified atom stereocenters. The third-order valence-corrected chi connectivity index (χ3v) is 4.35. The van der Waals surface area contributed by atoms with Gasteiger partial charge in [0, 0.05) is 6.04 Å². The fraction of sp³-hybridized carbons (Fsp3) is 0.500. The van der Waals surface area contributed by atoms with E-state index in [1.165, 1.54) is 0 Å². The molecule has 1 aliphatic carbocycles. The first-order valence-electron chi connectivity index (χ1n) is 8.21. The zero-order valence-corrected chi connectivity index (χ0v) is 14.1. The van der Waals surface area contributed by atoms with Gasteiger partial charge in [-0.3, -0.25) is 4.79 Å². The summed E-state index contributed by atoms with van der Waals surface area (Å²) in [5.74, 6) is 0.112. The van der Waals surface area contributed by atoms with Crippen LogP contribution in [0.3, 0.4) is 0 Å². The molecule has 0 saturated heterocycles. The number of rotatable bonds is 5. The Balaban J connectivity index is 1.69. The van der Waals surface area contributed by atoms with Gasteiger partial charge < -0.3 is 10.6 Å². The topological polar surface area (TPSA) is 84.7 Å². The minimum Gasteiger partial charge on any atom is -0.348 e. The lowest BCUT2D eigenvalue weighted by molar-refractivity contribution is 0.0542. The Morgan fingerprint density at radius 2 is 1.96 bits per heavy atom. The first-order valence-corrected chi connectivity index (χ1v) is 8.21. The number of hydrogen-bond donors (Lipinski definition) is 2. The lowest BCUT2D eigenvalue weighted by Crippen LogP contribution is -2.33. The number of carbonyl (C=O) groups excluding carboxylic acids is 1. The summed E-state index contributed by atoms with van der Waals surface area (Å²) in [5.41, 5.74) is 1.42. The molecule has 2 N–H and O–H groups in total. The van der Waals surface area contributed by atoms with Crippen molar-refractivity contribution in [3.8, 4) is 0 Å². The van der Waals surface area contributed by atoms with E-state index in [-0.39, 0.29) is 17.6 Å². The highest BCUT2D eigenvalue weighted by molar-refractivity contribution is 5.92. The second kappa shape index (κ2) is 7.12. The Hall–Kier alpha value is -2.58. The molecule has 1 amide bonds. The summed E-state index contributed by atoms with van der Waals surface area (Å²) >= 11 is 0. The molecule has 0 atom stereocenters. The van der Waals surface area contributed by atoms with Crippen LogP contribution in [0.4, 0.5) is 20.3 Å². The van der Waals surface area contributed by atoms with Crippen LogP contribution in [0.15, 0.2) is 12.1 Å². The maximum Gasteiger partial charge on any atom is 0.333 e. The van der Waals surface area contributed by atoms with E-state index in [0.29, 0.717) is 27.6 Å². The number of hydrogen-bond acceptors (Lipinski definition) is 5. The number of carbonyl (C=O) groups is 1. The Morgan fingerprint density at radius 1 is 1.24 bits per heavy atom. The molecule has 2 aromatic rings. The molecule has 25 heavy (non-hydrogen) atoms. The third-order valence-electron chi connectivity index (χ3n) is 4.35. The normalized spacial score (nSPS) is 14.9. The van der Waals surface area contributed by atoms with E-state index in [1.54, 1.807) is 26.0 Å². The average Bonchev–Trinajstić information content (AvgIpc) is 3.18. The number of aryl methyl sites for hydroxylation is 1. The second-order valence-electron chi connectivity index (χ2n) is 6.15. The van der Waals surface area contributed by atoms with Crippen molar-refractivity contribution in [2.24, 2.45) is 0 Å². The number of halogens is 2. The molecule has 2 heterocycles. The molecule has 9 heteroatoms. The number of anilines is 2. The number of nitrogens with one attached hydrogen (secondary N) is 2. The van der Waals surface area contributed by atoms with E-state index in [2.05, 4.69) is 25.9 Å². The van der Waals surface area contributed by atoms with Gasteiger partial charge in [-0.1, -0.05) is 12.8 Å². The van der Waals surface area contributed by atoms with Crippen molar-refractivity contribution in [3.63, 3.8) is 0 Å². The van der Waals surface area contributed by atoms with Crippen LogP contribution in [0.25, 0.3) is 0 Å². The Bertz CT molecular complexity index is 753. The summed E-state index contributed by atoms with van der Waals surface area (Å²) in [6, 6.07) is 3.36. The van der Waals surface area contributed by atoms with Gasteiger partial charge in [0.25, 0.3) is 5.91 Å². The highest BCUT2D eigenvalue weighted by Crippen LogP contribution is 2.26. The van der Waals surface area contributed by atoms with Gasteiger partial charge in [0.2, 0.25) is 0 Å². The first-order chi connectivity index (χ1) is 12.0. The lowest BCUT2D eigenvalue weighted by Gasteiger charge is -2.11. The maximum atomic E-state index is 12.9. The van der Waals surface area contributed by atoms with Crippen LogP contribution in [-0.4, -0.2) is 31.9 Å². The molecule has 0 bridgehead atoms. The van der Waals surface area contributed by atoms with Crippen molar-refractivity contribution in [1.29, 1.82) is 0 Å². The molecule has 7 nitrogen and oxygen atoms in total. The van der Waals surface area contributed by atoms with E-state index in [9.17, 15) is 13.6 Å². The third kappa shape index (κ3) is 3.75. The highest BCUT2D eigenvalue weighted by atomic mass is 19.3. The molecular weight excluding hydrogens is 330 g/mol. The lowest BCUT2D eigenvalue weighted by atomic mass is 10.2. The zero-order valence-electron chi connectivity index (χ0n) is 14.1. The number of aromatic nitrogens is 4. The van der Waals surface area contributed by atoms with Crippen molar-refractivity contribution in [2.45, 2.75) is 52.1 Å². The van der Waals surface area contributed by atoms with Crippen molar-refractivity contribution in [3.05, 3.63) is 29.2 Å². The summed E-state index contributed by atoms with van der Waals surface area (Å²) in [4.78, 5) is 12.1. The molecule has 134 valence electrons. The van der Waals surface area contributed by atoms with Crippen LogP contribution in [0.1, 0.15) is 54.1 Å². The van der Waals surface area contributed by atoms with Gasteiger partial charge in [-0.05, 0) is 38.8 Å². The zero-order chi connectivity index (χ0) is 18.0. The summed E-state index contributed by atoms with van der Waals surface area (Å²) in [5, 5.41) is 17.6. The SMILES string of the molecule is Cc1nn(C(F)F)c(C)c1Nc1ccc(C(=O)NC2CCCC2)nn1. The van der Waals surface area contributed by atoms with Crippen LogP contribution < -0.4 is 10.6 Å². The molecule has 0 aliphatic heterocycles. The van der Waals surface area contributed by atoms with Gasteiger partial charge in [-0.25, -0.2) is 4.68 Å². The average molecular weight is 350 g/mol. The fourth-order valence-corrected chi connectivity index (χ4v) is 3.01. The van der Waals surface area contributed by atoms with Crippen LogP contribution in [0.5, 0.6) is 0 Å². The van der Waals surface area contributed by atoms with Gasteiger partial charge in [-0.2, -0.15) is 13.9 Å². The number of alkyl halides is 2. The second-order valence-corrected chi connectivity index (χ2v) is 6.15. The monoisotopic (exact) mass is 350 g/mol. The smallest absolute Gasteiger partial charge is 0.333 e. The van der Waals surface area contributed by atoms with Gasteiger partial charge in [-0.15, -0.1) is 10.2 Å². The van der Waals surface area contributed by atoms with Gasteiger partial charge in [0.05, 0.1) is 17.1 Å². The Morgan fingerprint density at radius 3 is 2.52 bits per heavy atom. The highest BCUT2D eigenvalue weighted by Gasteiger charge is 2.20. The van der Waals surface area contributed by atoms with Crippen molar-refractivity contribution in [2.75, 3.05) is 5.32 Å². The summed E-state index contributed by atoms with van der Waals surface area (Å²) in [7, 11) is 0. The van der Waals surface area contributed by atoms with Crippen LogP contribution in [-0.2, 0) is 0 Å². The van der Waals surface area contributed by atoms with Crippen LogP contribution in [0, 0.1) is 13.8 Å². The first kappa shape index (κ1) is 17.2. The van der Waals surface area contributed by atoms with E-state index in [0.717, 1.165) is 25.7 Å². The van der Waals surface area contributed by atoms with E-state index in [1.807, 2.05) is 0 Å². The number of nitrogens with zero attached hydrogens (tertiary/aromatic N) is 4. The standard InChI is InChI=1S/C16H20F2N6O/c1-9-14(10(2)24(23-9)16(17)18)20-13-8-7-12(21-22-13)15(25)19-11-5-3-4-6-11/h7-8,11,16H,3-6H2,1-2H3,(H,19,25)(H,20,22). The van der Waals surface area contributed by atoms with Crippen LogP contribution >= 0.6 is 0 Å². The minimum absolute atomic E-state index is 0.206. The molecule has 3 rings (SSSR count). The van der Waals surface area contributed by atoms with Crippen molar-refractivity contribution in [1.82, 2.24) is 25.3 Å². The molecular formula is C16H20F2N6O. The summed E-state index contributed by atoms with van der Waals surface area (Å²) in [6.45, 7) is 0.470. The van der Waals surface area contributed by atoms with Crippen LogP contribution in [0.2, 0.25) is 0 Å². The van der Waals surface area contributed by atoms with Gasteiger partial charge >= 0.3 is 6.55 Å². The molecule has 1 saturated carbocycles. The Labute approximate surface area is 143 Å². The summed E-state index contributed by atoms with van der Waals surface area (Å²) in [6.07, 6.45) is 4.24.